The Balaban J connectivity index is 2.35. The Kier molecular flexibility index (Phi) is 6.77. The molecule has 0 N–H and O–H groups in total. The van der Waals surface area contributed by atoms with E-state index in [1.807, 2.05) is 0 Å². The average Bonchev–Trinajstić information content (AvgIpc) is 2.77. The SMILES string of the molecule is C=C(Br)CN(CCC(=O)OC)C[C@@H]1CCCO1. The fourth-order valence-electron chi connectivity index (χ4n) is 1.91. The number of methoxy groups -OCH3 is 1. The summed E-state index contributed by atoms with van der Waals surface area (Å²) in [5, 5.41) is 0. The first-order valence-corrected chi connectivity index (χ1v) is 6.65. The molecule has 0 aliphatic carbocycles. The molecule has 98 valence electrons. The summed E-state index contributed by atoms with van der Waals surface area (Å²) in [6, 6.07) is 0. The van der Waals surface area contributed by atoms with Crippen molar-refractivity contribution in [1.29, 1.82) is 0 Å². The highest BCUT2D eigenvalue weighted by molar-refractivity contribution is 9.11. The first-order valence-electron chi connectivity index (χ1n) is 5.86. The van der Waals surface area contributed by atoms with Crippen molar-refractivity contribution in [3.05, 3.63) is 11.1 Å². The van der Waals surface area contributed by atoms with Crippen molar-refractivity contribution >= 4 is 21.9 Å². The normalized spacial score (nSPS) is 19.6. The Morgan fingerprint density at radius 2 is 2.41 bits per heavy atom. The van der Waals surface area contributed by atoms with Crippen LogP contribution in [0.1, 0.15) is 19.3 Å². The minimum absolute atomic E-state index is 0.178. The second-order valence-corrected chi connectivity index (χ2v) is 5.34. The first kappa shape index (κ1) is 14.7. The summed E-state index contributed by atoms with van der Waals surface area (Å²) < 4.78 is 11.2. The van der Waals surface area contributed by atoms with E-state index in [9.17, 15) is 4.79 Å². The van der Waals surface area contributed by atoms with Gasteiger partial charge in [-0.05, 0) is 12.8 Å². The second kappa shape index (κ2) is 7.84. The van der Waals surface area contributed by atoms with Gasteiger partial charge in [-0.15, -0.1) is 0 Å². The molecule has 5 heteroatoms. The third kappa shape index (κ3) is 6.19. The summed E-state index contributed by atoms with van der Waals surface area (Å²) in [5.74, 6) is -0.178. The summed E-state index contributed by atoms with van der Waals surface area (Å²) in [6.07, 6.45) is 2.93. The summed E-state index contributed by atoms with van der Waals surface area (Å²) in [4.78, 5) is 13.3. The lowest BCUT2D eigenvalue weighted by molar-refractivity contribution is -0.141. The van der Waals surface area contributed by atoms with E-state index in [0.29, 0.717) is 19.1 Å². The number of hydrogen-bond donors (Lipinski definition) is 0. The molecule has 0 saturated carbocycles. The van der Waals surface area contributed by atoms with Gasteiger partial charge >= 0.3 is 5.97 Å². The van der Waals surface area contributed by atoms with E-state index in [-0.39, 0.29) is 5.97 Å². The molecule has 0 radical (unpaired) electrons. The van der Waals surface area contributed by atoms with Crippen LogP contribution in [0.5, 0.6) is 0 Å². The first-order chi connectivity index (χ1) is 8.11. The molecule has 0 aromatic rings. The van der Waals surface area contributed by atoms with Crippen molar-refractivity contribution < 1.29 is 14.3 Å². The standard InChI is InChI=1S/C12H20BrNO3/c1-10(13)8-14(6-5-12(15)16-2)9-11-4-3-7-17-11/h11H,1,3-9H2,2H3/t11-/m0/s1. The van der Waals surface area contributed by atoms with Gasteiger partial charge in [-0.2, -0.15) is 0 Å². The molecule has 0 spiro atoms. The maximum Gasteiger partial charge on any atom is 0.306 e. The van der Waals surface area contributed by atoms with Gasteiger partial charge in [-0.3, -0.25) is 9.69 Å². The van der Waals surface area contributed by atoms with Gasteiger partial charge in [0, 0.05) is 30.7 Å². The molecule has 0 amide bonds. The van der Waals surface area contributed by atoms with Gasteiger partial charge in [0.1, 0.15) is 0 Å². The van der Waals surface area contributed by atoms with Crippen LogP contribution in [0.15, 0.2) is 11.1 Å². The predicted octanol–water partition coefficient (Wildman–Crippen LogP) is 1.94. The Morgan fingerprint density at radius 1 is 1.65 bits per heavy atom. The van der Waals surface area contributed by atoms with Gasteiger partial charge in [0.05, 0.1) is 19.6 Å². The van der Waals surface area contributed by atoms with E-state index < -0.39 is 0 Å². The average molecular weight is 306 g/mol. The van der Waals surface area contributed by atoms with E-state index >= 15 is 0 Å². The number of carbonyl (C=O) groups excluding carboxylic acids is 1. The smallest absolute Gasteiger partial charge is 0.306 e. The highest BCUT2D eigenvalue weighted by atomic mass is 79.9. The van der Waals surface area contributed by atoms with Crippen molar-refractivity contribution in [3.63, 3.8) is 0 Å². The molecule has 1 aliphatic rings. The molecule has 1 fully saturated rings. The number of rotatable bonds is 7. The third-order valence-electron chi connectivity index (χ3n) is 2.74. The summed E-state index contributed by atoms with van der Waals surface area (Å²) >= 11 is 3.36. The zero-order valence-corrected chi connectivity index (χ0v) is 11.9. The Hall–Kier alpha value is -0.390. The fraction of sp³-hybridized carbons (Fsp3) is 0.750. The topological polar surface area (TPSA) is 38.8 Å². The van der Waals surface area contributed by atoms with Crippen LogP contribution < -0.4 is 0 Å². The molecule has 0 aromatic heterocycles. The number of carbonyl (C=O) groups is 1. The number of halogens is 1. The molecule has 4 nitrogen and oxygen atoms in total. The highest BCUT2D eigenvalue weighted by Crippen LogP contribution is 2.15. The van der Waals surface area contributed by atoms with Crippen molar-refractivity contribution in [3.8, 4) is 0 Å². The van der Waals surface area contributed by atoms with Gasteiger partial charge in [0.25, 0.3) is 0 Å². The van der Waals surface area contributed by atoms with Crippen molar-refractivity contribution in [2.75, 3.05) is 33.4 Å². The monoisotopic (exact) mass is 305 g/mol. The maximum absolute atomic E-state index is 11.1. The molecule has 0 aromatic carbocycles. The second-order valence-electron chi connectivity index (χ2n) is 4.21. The van der Waals surface area contributed by atoms with E-state index in [1.165, 1.54) is 7.11 Å². The molecule has 17 heavy (non-hydrogen) atoms. The van der Waals surface area contributed by atoms with Crippen LogP contribution in [0.2, 0.25) is 0 Å². The van der Waals surface area contributed by atoms with Gasteiger partial charge in [0.2, 0.25) is 0 Å². The number of hydrogen-bond acceptors (Lipinski definition) is 4. The summed E-state index contributed by atoms with van der Waals surface area (Å²) in [7, 11) is 1.41. The molecule has 1 atom stereocenters. The molecule has 0 unspecified atom stereocenters. The molecule has 1 heterocycles. The van der Waals surface area contributed by atoms with Gasteiger partial charge in [-0.25, -0.2) is 0 Å². The molecule has 1 aliphatic heterocycles. The van der Waals surface area contributed by atoms with Crippen molar-refractivity contribution in [1.82, 2.24) is 4.90 Å². The van der Waals surface area contributed by atoms with Crippen LogP contribution >= 0.6 is 15.9 Å². The molecule has 1 rings (SSSR count). The van der Waals surface area contributed by atoms with Crippen molar-refractivity contribution in [2.45, 2.75) is 25.4 Å². The highest BCUT2D eigenvalue weighted by Gasteiger charge is 2.19. The van der Waals surface area contributed by atoms with Crippen LogP contribution in [-0.4, -0.2) is 50.3 Å². The van der Waals surface area contributed by atoms with E-state index in [2.05, 4.69) is 32.1 Å². The number of ether oxygens (including phenoxy) is 2. The number of nitrogens with zero attached hydrogens (tertiary/aromatic N) is 1. The largest absolute Gasteiger partial charge is 0.469 e. The predicted molar refractivity (Wildman–Crippen MR) is 70.1 cm³/mol. The van der Waals surface area contributed by atoms with Crippen molar-refractivity contribution in [2.24, 2.45) is 0 Å². The lowest BCUT2D eigenvalue weighted by Crippen LogP contribution is -2.34. The lowest BCUT2D eigenvalue weighted by atomic mass is 10.2. The summed E-state index contributed by atoms with van der Waals surface area (Å²) in [6.45, 7) is 6.95. The number of esters is 1. The van der Waals surface area contributed by atoms with E-state index in [4.69, 9.17) is 4.74 Å². The molecule has 1 saturated heterocycles. The van der Waals surface area contributed by atoms with Gasteiger partial charge in [-0.1, -0.05) is 22.5 Å². The van der Waals surface area contributed by atoms with E-state index in [1.54, 1.807) is 0 Å². The van der Waals surface area contributed by atoms with Crippen LogP contribution in [-0.2, 0) is 14.3 Å². The van der Waals surface area contributed by atoms with Gasteiger partial charge in [0.15, 0.2) is 0 Å². The van der Waals surface area contributed by atoms with Gasteiger partial charge < -0.3 is 9.47 Å². The Morgan fingerprint density at radius 3 is 2.94 bits per heavy atom. The third-order valence-corrected chi connectivity index (χ3v) is 2.99. The molecular weight excluding hydrogens is 286 g/mol. The maximum atomic E-state index is 11.1. The lowest BCUT2D eigenvalue weighted by Gasteiger charge is -2.24. The summed E-state index contributed by atoms with van der Waals surface area (Å²) in [5.41, 5.74) is 0. The van der Waals surface area contributed by atoms with Crippen LogP contribution in [0, 0.1) is 0 Å². The minimum atomic E-state index is -0.178. The van der Waals surface area contributed by atoms with Crippen LogP contribution in [0.25, 0.3) is 0 Å². The fourth-order valence-corrected chi connectivity index (χ4v) is 2.26. The molecular formula is C12H20BrNO3. The zero-order valence-electron chi connectivity index (χ0n) is 10.3. The van der Waals surface area contributed by atoms with E-state index in [0.717, 1.165) is 37.0 Å². The van der Waals surface area contributed by atoms with Crippen LogP contribution in [0.3, 0.4) is 0 Å². The Bertz CT molecular complexity index is 264. The van der Waals surface area contributed by atoms with Crippen LogP contribution in [0.4, 0.5) is 0 Å². The minimum Gasteiger partial charge on any atom is -0.469 e. The Labute approximate surface area is 111 Å². The zero-order chi connectivity index (χ0) is 12.7. The molecule has 0 bridgehead atoms. The quantitative estimate of drug-likeness (QED) is 0.674.